The lowest BCUT2D eigenvalue weighted by atomic mass is 9.81. The Morgan fingerprint density at radius 2 is 1.89 bits per heavy atom. The zero-order valence-corrected chi connectivity index (χ0v) is 22.9. The lowest BCUT2D eigenvalue weighted by molar-refractivity contribution is -0.137. The van der Waals surface area contributed by atoms with Gasteiger partial charge >= 0.3 is 11.8 Å². The number of fused-ring (bicyclic) bond motifs is 1. The number of thiazole rings is 1. The summed E-state index contributed by atoms with van der Waals surface area (Å²) in [5.41, 5.74) is 0.733. The van der Waals surface area contributed by atoms with E-state index in [0.717, 1.165) is 36.1 Å². The molecule has 204 valence electrons. The van der Waals surface area contributed by atoms with Gasteiger partial charge in [0.2, 0.25) is 5.91 Å². The van der Waals surface area contributed by atoms with Crippen molar-refractivity contribution in [1.82, 2.24) is 25.4 Å². The van der Waals surface area contributed by atoms with Gasteiger partial charge in [-0.25, -0.2) is 9.37 Å². The summed E-state index contributed by atoms with van der Waals surface area (Å²) in [5.74, 6) is -3.62. The molecule has 10 nitrogen and oxygen atoms in total. The van der Waals surface area contributed by atoms with Gasteiger partial charge in [-0.05, 0) is 44.5 Å². The second kappa shape index (κ2) is 11.7. The van der Waals surface area contributed by atoms with Crippen LogP contribution in [0.2, 0.25) is 5.02 Å². The number of hydrogen-bond donors (Lipinski definition) is 3. The quantitative estimate of drug-likeness (QED) is 0.478. The Morgan fingerprint density at radius 1 is 1.13 bits per heavy atom. The average molecular weight is 565 g/mol. The van der Waals surface area contributed by atoms with Gasteiger partial charge in [0.25, 0.3) is 5.91 Å². The first-order valence-electron chi connectivity index (χ1n) is 12.3. The van der Waals surface area contributed by atoms with Crippen LogP contribution in [-0.2, 0) is 27.3 Å². The molecule has 0 radical (unpaired) electrons. The zero-order chi connectivity index (χ0) is 27.6. The summed E-state index contributed by atoms with van der Waals surface area (Å²) in [6, 6.07) is 2.45. The molecule has 4 amide bonds. The normalized spacial score (nSPS) is 21.2. The van der Waals surface area contributed by atoms with Gasteiger partial charge in [0.15, 0.2) is 5.01 Å². The van der Waals surface area contributed by atoms with Gasteiger partial charge in [0, 0.05) is 55.5 Å². The summed E-state index contributed by atoms with van der Waals surface area (Å²) in [7, 11) is 5.35. The second-order valence-electron chi connectivity index (χ2n) is 9.86. The van der Waals surface area contributed by atoms with Crippen LogP contribution in [-0.4, -0.2) is 78.2 Å². The van der Waals surface area contributed by atoms with Crippen LogP contribution in [0.15, 0.2) is 18.2 Å². The van der Waals surface area contributed by atoms with Crippen molar-refractivity contribution in [2.24, 2.45) is 5.92 Å². The third kappa shape index (κ3) is 6.48. The summed E-state index contributed by atoms with van der Waals surface area (Å²) < 4.78 is 14.1. The van der Waals surface area contributed by atoms with Crippen LogP contribution in [0.25, 0.3) is 0 Å². The number of carbonyl (C=O) groups excluding carboxylic acids is 4. The molecule has 13 heteroatoms. The fourth-order valence-corrected chi connectivity index (χ4v) is 6.00. The number of likely N-dealkylation sites (N-methyl/N-ethyl adjacent to an activating group) is 1. The van der Waals surface area contributed by atoms with Crippen molar-refractivity contribution in [2.45, 2.75) is 44.3 Å². The van der Waals surface area contributed by atoms with Crippen LogP contribution < -0.4 is 16.0 Å². The Morgan fingerprint density at radius 3 is 2.61 bits per heavy atom. The largest absolute Gasteiger partial charge is 0.349 e. The van der Waals surface area contributed by atoms with Gasteiger partial charge in [-0.2, -0.15) is 0 Å². The summed E-state index contributed by atoms with van der Waals surface area (Å²) in [6.07, 6.45) is 1.89. The number of hydrogen-bond acceptors (Lipinski definition) is 7. The molecule has 0 unspecified atom stereocenters. The van der Waals surface area contributed by atoms with Gasteiger partial charge in [0.1, 0.15) is 5.82 Å². The predicted molar refractivity (Wildman–Crippen MR) is 141 cm³/mol. The molecular weight excluding hydrogens is 535 g/mol. The van der Waals surface area contributed by atoms with E-state index >= 15 is 0 Å². The average Bonchev–Trinajstić information content (AvgIpc) is 3.29. The molecule has 0 bridgehead atoms. The van der Waals surface area contributed by atoms with E-state index in [2.05, 4.69) is 25.8 Å². The molecule has 2 heterocycles. The number of nitrogens with zero attached hydrogens (tertiary/aromatic N) is 3. The molecule has 3 atom stereocenters. The molecule has 0 spiro atoms. The van der Waals surface area contributed by atoms with Crippen molar-refractivity contribution >= 4 is 52.3 Å². The highest BCUT2D eigenvalue weighted by Gasteiger charge is 2.37. The highest BCUT2D eigenvalue weighted by atomic mass is 35.5. The number of amides is 4. The van der Waals surface area contributed by atoms with Crippen LogP contribution in [0.1, 0.15) is 39.6 Å². The van der Waals surface area contributed by atoms with Crippen LogP contribution in [0.3, 0.4) is 0 Å². The zero-order valence-electron chi connectivity index (χ0n) is 21.3. The highest BCUT2D eigenvalue weighted by molar-refractivity contribution is 7.13. The molecule has 38 heavy (non-hydrogen) atoms. The minimum atomic E-state index is -1.06. The Labute approximate surface area is 228 Å². The molecule has 2 aromatic rings. The van der Waals surface area contributed by atoms with Crippen molar-refractivity contribution in [3.05, 3.63) is 44.6 Å². The van der Waals surface area contributed by atoms with Gasteiger partial charge in [-0.1, -0.05) is 11.6 Å². The van der Waals surface area contributed by atoms with Gasteiger partial charge < -0.3 is 25.8 Å². The minimum Gasteiger partial charge on any atom is -0.349 e. The smallest absolute Gasteiger partial charge is 0.313 e. The number of aromatic nitrogens is 1. The third-order valence-corrected chi connectivity index (χ3v) is 8.09. The van der Waals surface area contributed by atoms with E-state index in [0.29, 0.717) is 17.8 Å². The lowest BCUT2D eigenvalue weighted by Crippen LogP contribution is -2.57. The summed E-state index contributed by atoms with van der Waals surface area (Å²) in [6.45, 7) is 1.59. The SMILES string of the molecule is CN1CCc2nc(C(=O)N[C@@H]3C[C@@H](C(=O)N(C)C)CC[C@@H]3NC(=O)C(=O)Nc3ccc(Cl)cc3F)sc2C1. The van der Waals surface area contributed by atoms with Crippen molar-refractivity contribution in [1.29, 1.82) is 0 Å². The molecule has 1 aliphatic heterocycles. The number of rotatable bonds is 5. The first-order chi connectivity index (χ1) is 18.0. The van der Waals surface area contributed by atoms with E-state index in [1.807, 2.05) is 7.05 Å². The Kier molecular flexibility index (Phi) is 8.64. The summed E-state index contributed by atoms with van der Waals surface area (Å²) in [5, 5.41) is 8.32. The van der Waals surface area contributed by atoms with Gasteiger partial charge in [-0.15, -0.1) is 11.3 Å². The Bertz CT molecular complexity index is 1250. The van der Waals surface area contributed by atoms with E-state index in [1.54, 1.807) is 14.1 Å². The molecule has 1 aromatic carbocycles. The van der Waals surface area contributed by atoms with Crippen molar-refractivity contribution < 1.29 is 23.6 Å². The van der Waals surface area contributed by atoms with Gasteiger partial charge in [0.05, 0.1) is 17.4 Å². The molecule has 3 N–H and O–H groups in total. The Hall–Kier alpha value is -3.09. The van der Waals surface area contributed by atoms with E-state index in [9.17, 15) is 23.6 Å². The highest BCUT2D eigenvalue weighted by Crippen LogP contribution is 2.28. The Balaban J connectivity index is 1.46. The fraction of sp³-hybridized carbons (Fsp3) is 0.480. The molecule has 1 aliphatic carbocycles. The van der Waals surface area contributed by atoms with Crippen LogP contribution in [0.4, 0.5) is 10.1 Å². The molecule has 0 saturated heterocycles. The fourth-order valence-electron chi connectivity index (χ4n) is 4.75. The van der Waals surface area contributed by atoms with Crippen LogP contribution in [0.5, 0.6) is 0 Å². The molecule has 1 aromatic heterocycles. The monoisotopic (exact) mass is 564 g/mol. The first-order valence-corrected chi connectivity index (χ1v) is 13.5. The molecule has 1 saturated carbocycles. The first kappa shape index (κ1) is 27.9. The van der Waals surface area contributed by atoms with Crippen molar-refractivity contribution in [3.8, 4) is 0 Å². The standard InChI is InChI=1S/C25H30ClFN6O4S/c1-32(2)25(37)13-4-6-17(29-22(35)21(34)28-16-7-5-14(26)11-15(16)27)19(10-13)30-23(36)24-31-18-8-9-33(3)12-20(18)38-24/h5,7,11,13,17,19H,4,6,8-10,12H2,1-3H3,(H,28,34)(H,29,35)(H,30,36)/t13-,17-,19+/m0/s1. The van der Waals surface area contributed by atoms with Crippen molar-refractivity contribution in [3.63, 3.8) is 0 Å². The van der Waals surface area contributed by atoms with E-state index < -0.39 is 29.7 Å². The van der Waals surface area contributed by atoms with E-state index in [4.69, 9.17) is 11.6 Å². The van der Waals surface area contributed by atoms with Gasteiger partial charge in [-0.3, -0.25) is 19.2 Å². The maximum absolute atomic E-state index is 14.1. The molecule has 2 aliphatic rings. The molecule has 4 rings (SSSR count). The topological polar surface area (TPSA) is 124 Å². The number of nitrogens with one attached hydrogen (secondary N) is 3. The predicted octanol–water partition coefficient (Wildman–Crippen LogP) is 2.03. The number of halogens is 2. The molecule has 1 fully saturated rings. The third-order valence-electron chi connectivity index (χ3n) is 6.78. The maximum atomic E-state index is 14.1. The lowest BCUT2D eigenvalue weighted by Gasteiger charge is -2.37. The maximum Gasteiger partial charge on any atom is 0.313 e. The summed E-state index contributed by atoms with van der Waals surface area (Å²) in [4.78, 5) is 60.3. The van der Waals surface area contributed by atoms with Crippen LogP contribution in [0, 0.1) is 11.7 Å². The number of carbonyl (C=O) groups is 4. The van der Waals surface area contributed by atoms with E-state index in [-0.39, 0.29) is 34.9 Å². The molecular formula is C25H30ClFN6O4S. The van der Waals surface area contributed by atoms with E-state index in [1.165, 1.54) is 28.4 Å². The van der Waals surface area contributed by atoms with Crippen molar-refractivity contribution in [2.75, 3.05) is 33.0 Å². The number of benzene rings is 1. The number of anilines is 1. The summed E-state index contributed by atoms with van der Waals surface area (Å²) >= 11 is 7.07. The second-order valence-corrected chi connectivity index (χ2v) is 11.4. The minimum absolute atomic E-state index is 0.0715. The van der Waals surface area contributed by atoms with Crippen LogP contribution >= 0.6 is 22.9 Å².